The lowest BCUT2D eigenvalue weighted by Crippen LogP contribution is -2.61. The number of carbonyl (C=O) groups is 2. The Morgan fingerprint density at radius 3 is 1.40 bits per heavy atom. The van der Waals surface area contributed by atoms with Crippen molar-refractivity contribution in [3.05, 3.63) is 0 Å². The molecule has 2 aliphatic heterocycles. The van der Waals surface area contributed by atoms with Crippen LogP contribution in [0, 0.1) is 0 Å². The molecule has 0 bridgehead atoms. The molecule has 0 saturated carbocycles. The molecule has 4 nitrogen and oxygen atoms in total. The van der Waals surface area contributed by atoms with E-state index in [1.807, 2.05) is 0 Å². The van der Waals surface area contributed by atoms with Gasteiger partial charge in [-0.2, -0.15) is 0 Å². The summed E-state index contributed by atoms with van der Waals surface area (Å²) in [5, 5.41) is 3.21. The van der Waals surface area contributed by atoms with Crippen molar-refractivity contribution in [3.8, 4) is 0 Å². The molecule has 0 aliphatic carbocycles. The first-order chi connectivity index (χ1) is 6.90. The Balaban J connectivity index is 2.37. The summed E-state index contributed by atoms with van der Waals surface area (Å²) in [6.45, 7) is 0. The van der Waals surface area contributed by atoms with Crippen molar-refractivity contribution < 1.29 is 27.2 Å². The number of halogens is 4. The highest BCUT2D eigenvalue weighted by molar-refractivity contribution is 5.91. The number of hydrogen-bond donors (Lipinski definition) is 2. The van der Waals surface area contributed by atoms with Crippen molar-refractivity contribution in [3.63, 3.8) is 0 Å². The third-order valence-electron chi connectivity index (χ3n) is 2.54. The van der Waals surface area contributed by atoms with Crippen molar-refractivity contribution in [2.75, 3.05) is 0 Å². The minimum absolute atomic E-state index is 1.40. The Labute approximate surface area is 81.0 Å². The minimum atomic E-state index is -2.63. The average Bonchev–Trinajstić information content (AvgIpc) is 2.53. The molecule has 2 aliphatic rings. The topological polar surface area (TPSA) is 58.2 Å². The van der Waals surface area contributed by atoms with Crippen LogP contribution in [0.25, 0.3) is 0 Å². The van der Waals surface area contributed by atoms with Crippen LogP contribution in [0.3, 0.4) is 0 Å². The molecule has 4 unspecified atom stereocenters. The number of hydrogen-bond acceptors (Lipinski definition) is 2. The van der Waals surface area contributed by atoms with Gasteiger partial charge in [0.1, 0.15) is 0 Å². The van der Waals surface area contributed by atoms with Crippen LogP contribution in [0.1, 0.15) is 0 Å². The van der Waals surface area contributed by atoms with Crippen molar-refractivity contribution >= 4 is 11.8 Å². The molecule has 0 radical (unpaired) electrons. The van der Waals surface area contributed by atoms with E-state index in [1.54, 1.807) is 10.6 Å². The summed E-state index contributed by atoms with van der Waals surface area (Å²) >= 11 is 0. The molecule has 1 spiro atoms. The third kappa shape index (κ3) is 1.07. The molecule has 2 rings (SSSR count). The van der Waals surface area contributed by atoms with Gasteiger partial charge in [-0.1, -0.05) is 0 Å². The molecule has 0 aromatic heterocycles. The summed E-state index contributed by atoms with van der Waals surface area (Å²) in [5.41, 5.74) is -2.59. The zero-order valence-corrected chi connectivity index (χ0v) is 7.14. The lowest BCUT2D eigenvalue weighted by molar-refractivity contribution is -0.124. The molecule has 0 aromatic carbocycles. The van der Waals surface area contributed by atoms with E-state index in [-0.39, 0.29) is 0 Å². The molecule has 2 saturated heterocycles. The standard InChI is InChI=1S/C7H6F4N2O2/c8-1-3(10)7(12-5(1)14)4(11)2(9)6(15)13-7/h1-4H,(H,12,14)(H,13,15). The SMILES string of the molecule is O=C1NC2(NC(=O)C(F)C2F)C(F)C1F. The zero-order chi connectivity index (χ0) is 11.4. The molecule has 2 amide bonds. The fourth-order valence-electron chi connectivity index (χ4n) is 1.73. The lowest BCUT2D eigenvalue weighted by atomic mass is 10.0. The molecule has 2 heterocycles. The van der Waals surface area contributed by atoms with Gasteiger partial charge in [-0.3, -0.25) is 9.59 Å². The maximum Gasteiger partial charge on any atom is 0.259 e. The zero-order valence-electron chi connectivity index (χ0n) is 7.14. The number of amides is 2. The second-order valence-electron chi connectivity index (χ2n) is 3.45. The third-order valence-corrected chi connectivity index (χ3v) is 2.54. The summed E-state index contributed by atoms with van der Waals surface area (Å²) in [6, 6.07) is 0. The molecule has 8 heteroatoms. The molecule has 15 heavy (non-hydrogen) atoms. The van der Waals surface area contributed by atoms with Gasteiger partial charge in [-0.15, -0.1) is 0 Å². The first kappa shape index (κ1) is 10.2. The summed E-state index contributed by atoms with van der Waals surface area (Å²) in [6.07, 6.45) is -10.5. The second-order valence-corrected chi connectivity index (χ2v) is 3.45. The van der Waals surface area contributed by atoms with Gasteiger partial charge in [0.05, 0.1) is 0 Å². The summed E-state index contributed by atoms with van der Waals surface area (Å²) in [5.74, 6) is -2.81. The van der Waals surface area contributed by atoms with Crippen LogP contribution in [-0.2, 0) is 9.59 Å². The van der Waals surface area contributed by atoms with Crippen LogP contribution in [0.5, 0.6) is 0 Å². The van der Waals surface area contributed by atoms with E-state index >= 15 is 0 Å². The predicted octanol–water partition coefficient (Wildman–Crippen LogP) is -0.705. The van der Waals surface area contributed by atoms with E-state index in [9.17, 15) is 27.2 Å². The van der Waals surface area contributed by atoms with Crippen molar-refractivity contribution in [1.82, 2.24) is 10.6 Å². The van der Waals surface area contributed by atoms with Gasteiger partial charge in [0, 0.05) is 0 Å². The Hall–Kier alpha value is -1.34. The Morgan fingerprint density at radius 2 is 1.20 bits per heavy atom. The van der Waals surface area contributed by atoms with Crippen molar-refractivity contribution in [2.24, 2.45) is 0 Å². The Bertz CT molecular complexity index is 305. The summed E-state index contributed by atoms with van der Waals surface area (Å²) in [7, 11) is 0. The molecule has 4 atom stereocenters. The first-order valence-corrected chi connectivity index (χ1v) is 4.10. The summed E-state index contributed by atoms with van der Waals surface area (Å²) < 4.78 is 52.1. The highest BCUT2D eigenvalue weighted by Crippen LogP contribution is 2.35. The van der Waals surface area contributed by atoms with Crippen LogP contribution in [0.4, 0.5) is 17.6 Å². The number of nitrogens with one attached hydrogen (secondary N) is 2. The maximum atomic E-state index is 13.2. The van der Waals surface area contributed by atoms with Crippen LogP contribution < -0.4 is 10.6 Å². The Kier molecular flexibility index (Phi) is 1.92. The molecular weight excluding hydrogens is 220 g/mol. The van der Waals surface area contributed by atoms with Crippen molar-refractivity contribution in [2.45, 2.75) is 30.3 Å². The van der Waals surface area contributed by atoms with E-state index in [0.717, 1.165) is 0 Å². The van der Waals surface area contributed by atoms with Gasteiger partial charge in [0.25, 0.3) is 11.8 Å². The van der Waals surface area contributed by atoms with Gasteiger partial charge < -0.3 is 10.6 Å². The van der Waals surface area contributed by atoms with Crippen LogP contribution in [0.15, 0.2) is 0 Å². The van der Waals surface area contributed by atoms with Crippen molar-refractivity contribution in [1.29, 1.82) is 0 Å². The van der Waals surface area contributed by atoms with Gasteiger partial charge in [0.15, 0.2) is 18.0 Å². The highest BCUT2D eigenvalue weighted by atomic mass is 19.2. The Morgan fingerprint density at radius 1 is 0.867 bits per heavy atom. The molecule has 2 N–H and O–H groups in total. The quantitative estimate of drug-likeness (QED) is 0.536. The maximum absolute atomic E-state index is 13.2. The first-order valence-electron chi connectivity index (χ1n) is 4.10. The number of carbonyl (C=O) groups excluding carboxylic acids is 2. The number of alkyl halides is 4. The van der Waals surface area contributed by atoms with E-state index in [1.165, 1.54) is 0 Å². The van der Waals surface area contributed by atoms with E-state index in [0.29, 0.717) is 0 Å². The highest BCUT2D eigenvalue weighted by Gasteiger charge is 2.67. The monoisotopic (exact) mass is 226 g/mol. The van der Waals surface area contributed by atoms with E-state index in [4.69, 9.17) is 0 Å². The van der Waals surface area contributed by atoms with Crippen LogP contribution in [-0.4, -0.2) is 42.2 Å². The van der Waals surface area contributed by atoms with Crippen LogP contribution in [0.2, 0.25) is 0 Å². The predicted molar refractivity (Wildman–Crippen MR) is 38.6 cm³/mol. The number of rotatable bonds is 0. The molecule has 2 fully saturated rings. The second kappa shape index (κ2) is 2.83. The molecule has 84 valence electrons. The van der Waals surface area contributed by atoms with E-state index in [2.05, 4.69) is 0 Å². The van der Waals surface area contributed by atoms with Gasteiger partial charge in [-0.05, 0) is 0 Å². The van der Waals surface area contributed by atoms with Gasteiger partial charge in [0.2, 0.25) is 12.3 Å². The normalized spacial score (nSPS) is 49.6. The van der Waals surface area contributed by atoms with Gasteiger partial charge >= 0.3 is 0 Å². The fraction of sp³-hybridized carbons (Fsp3) is 0.714. The smallest absolute Gasteiger partial charge is 0.259 e. The lowest BCUT2D eigenvalue weighted by Gasteiger charge is -2.27. The van der Waals surface area contributed by atoms with Gasteiger partial charge in [-0.25, -0.2) is 17.6 Å². The largest absolute Gasteiger partial charge is 0.326 e. The minimum Gasteiger partial charge on any atom is -0.326 e. The fourth-order valence-corrected chi connectivity index (χ4v) is 1.73. The van der Waals surface area contributed by atoms with Crippen LogP contribution >= 0.6 is 0 Å². The summed E-state index contributed by atoms with van der Waals surface area (Å²) in [4.78, 5) is 21.5. The molecule has 0 aromatic rings. The molecular formula is C7H6F4N2O2. The average molecular weight is 226 g/mol. The van der Waals surface area contributed by atoms with E-state index < -0.39 is 42.2 Å².